The monoisotopic (exact) mass is 269 g/mol. The molecule has 0 aromatic rings. The van der Waals surface area contributed by atoms with Gasteiger partial charge in [0.1, 0.15) is 0 Å². The van der Waals surface area contributed by atoms with Crippen molar-refractivity contribution in [2.45, 2.75) is 57.4 Å². The molecule has 5 nitrogen and oxygen atoms in total. The van der Waals surface area contributed by atoms with Gasteiger partial charge in [-0.25, -0.2) is 9.59 Å². The Morgan fingerprint density at radius 1 is 0.947 bits per heavy atom. The highest BCUT2D eigenvalue weighted by Gasteiger charge is 2.46. The summed E-state index contributed by atoms with van der Waals surface area (Å²) in [6.45, 7) is 0. The first-order valence-electron chi connectivity index (χ1n) is 6.86. The number of carboxylic acid groups (broad SMARTS) is 2. The fourth-order valence-electron chi connectivity index (χ4n) is 2.61. The third kappa shape index (κ3) is 5.87. The average molecular weight is 269 g/mol. The lowest BCUT2D eigenvalue weighted by atomic mass is 9.85. The minimum Gasteiger partial charge on any atom is -0.478 e. The van der Waals surface area contributed by atoms with E-state index in [1.54, 1.807) is 0 Å². The summed E-state index contributed by atoms with van der Waals surface area (Å²) >= 11 is 0. The maximum absolute atomic E-state index is 9.55. The van der Waals surface area contributed by atoms with E-state index < -0.39 is 11.9 Å². The Balaban J connectivity index is 0.000000203. The predicted octanol–water partition coefficient (Wildman–Crippen LogP) is 2.16. The quantitative estimate of drug-likeness (QED) is 0.667. The summed E-state index contributed by atoms with van der Waals surface area (Å²) in [6, 6.07) is 0.544. The minimum absolute atomic E-state index is 0.544. The van der Waals surface area contributed by atoms with Crippen LogP contribution in [0.15, 0.2) is 12.2 Å². The molecule has 1 spiro atoms. The SMILES string of the molecule is NC1CCCCCCC12CC2.O=C(O)/C=C/C(=O)O. The Morgan fingerprint density at radius 3 is 1.95 bits per heavy atom. The lowest BCUT2D eigenvalue weighted by Crippen LogP contribution is -2.32. The molecule has 108 valence electrons. The lowest BCUT2D eigenvalue weighted by Gasteiger charge is -2.25. The molecule has 5 heteroatoms. The number of hydrogen-bond donors (Lipinski definition) is 3. The van der Waals surface area contributed by atoms with Crippen LogP contribution in [0.25, 0.3) is 0 Å². The van der Waals surface area contributed by atoms with Crippen molar-refractivity contribution in [3.8, 4) is 0 Å². The van der Waals surface area contributed by atoms with Crippen LogP contribution in [-0.4, -0.2) is 28.2 Å². The highest BCUT2D eigenvalue weighted by Crippen LogP contribution is 2.53. The summed E-state index contributed by atoms with van der Waals surface area (Å²) in [5.74, 6) is -2.51. The first kappa shape index (κ1) is 15.7. The molecule has 0 aliphatic heterocycles. The van der Waals surface area contributed by atoms with Gasteiger partial charge >= 0.3 is 11.9 Å². The normalized spacial score (nSPS) is 25.0. The Labute approximate surface area is 113 Å². The molecule has 0 amide bonds. The first-order valence-corrected chi connectivity index (χ1v) is 6.86. The standard InChI is InChI=1S/C10H19N.C4H4O4/c11-9-5-3-1-2-4-6-10(9)7-8-10;5-3(6)1-2-4(7)8/h9H,1-8,11H2;1-2H,(H,5,6)(H,7,8)/b;2-1+. The predicted molar refractivity (Wildman–Crippen MR) is 71.8 cm³/mol. The molecule has 2 saturated carbocycles. The summed E-state index contributed by atoms with van der Waals surface area (Å²) in [4.78, 5) is 19.1. The molecule has 2 aliphatic carbocycles. The topological polar surface area (TPSA) is 101 Å². The van der Waals surface area contributed by atoms with E-state index in [2.05, 4.69) is 0 Å². The zero-order valence-corrected chi connectivity index (χ0v) is 11.2. The van der Waals surface area contributed by atoms with Crippen LogP contribution in [0, 0.1) is 5.41 Å². The van der Waals surface area contributed by atoms with Gasteiger partial charge in [-0.05, 0) is 31.1 Å². The molecule has 0 saturated heterocycles. The second kappa shape index (κ2) is 7.28. The molecule has 0 aromatic carbocycles. The van der Waals surface area contributed by atoms with E-state index in [0.29, 0.717) is 23.6 Å². The molecule has 2 aliphatic rings. The van der Waals surface area contributed by atoms with Crippen molar-refractivity contribution in [3.63, 3.8) is 0 Å². The second-order valence-electron chi connectivity index (χ2n) is 5.43. The van der Waals surface area contributed by atoms with Gasteiger partial charge in [0.25, 0.3) is 0 Å². The van der Waals surface area contributed by atoms with E-state index in [0.717, 1.165) is 0 Å². The van der Waals surface area contributed by atoms with Crippen molar-refractivity contribution < 1.29 is 19.8 Å². The summed E-state index contributed by atoms with van der Waals surface area (Å²) < 4.78 is 0. The van der Waals surface area contributed by atoms with E-state index in [4.69, 9.17) is 15.9 Å². The summed E-state index contributed by atoms with van der Waals surface area (Å²) in [7, 11) is 0. The minimum atomic E-state index is -1.26. The lowest BCUT2D eigenvalue weighted by molar-refractivity contribution is -0.134. The largest absolute Gasteiger partial charge is 0.478 e. The van der Waals surface area contributed by atoms with Gasteiger partial charge in [0.2, 0.25) is 0 Å². The fourth-order valence-corrected chi connectivity index (χ4v) is 2.61. The molecule has 4 N–H and O–H groups in total. The molecule has 0 radical (unpaired) electrons. The van der Waals surface area contributed by atoms with Crippen LogP contribution in [0.1, 0.15) is 51.4 Å². The van der Waals surface area contributed by atoms with Crippen LogP contribution in [0.3, 0.4) is 0 Å². The molecule has 0 bridgehead atoms. The van der Waals surface area contributed by atoms with Gasteiger partial charge in [0, 0.05) is 18.2 Å². The maximum atomic E-state index is 9.55. The molecule has 0 aromatic heterocycles. The summed E-state index contributed by atoms with van der Waals surface area (Å²) in [6.07, 6.45) is 12.4. The Bertz CT molecular complexity index is 331. The first-order chi connectivity index (χ1) is 8.96. The van der Waals surface area contributed by atoms with Crippen LogP contribution < -0.4 is 5.73 Å². The Hall–Kier alpha value is -1.36. The number of nitrogens with two attached hydrogens (primary N) is 1. The molecule has 1 unspecified atom stereocenters. The van der Waals surface area contributed by atoms with Gasteiger partial charge in [0.05, 0.1) is 0 Å². The Kier molecular flexibility index (Phi) is 6.02. The molecule has 19 heavy (non-hydrogen) atoms. The molecular weight excluding hydrogens is 246 g/mol. The maximum Gasteiger partial charge on any atom is 0.328 e. The second-order valence-corrected chi connectivity index (χ2v) is 5.43. The number of aliphatic carboxylic acids is 2. The number of rotatable bonds is 2. The van der Waals surface area contributed by atoms with Gasteiger partial charge < -0.3 is 15.9 Å². The van der Waals surface area contributed by atoms with Crippen LogP contribution in [0.5, 0.6) is 0 Å². The van der Waals surface area contributed by atoms with E-state index in [1.165, 1.54) is 51.4 Å². The van der Waals surface area contributed by atoms with Crippen LogP contribution in [0.4, 0.5) is 0 Å². The van der Waals surface area contributed by atoms with Crippen LogP contribution >= 0.6 is 0 Å². The zero-order valence-electron chi connectivity index (χ0n) is 11.2. The fraction of sp³-hybridized carbons (Fsp3) is 0.714. The summed E-state index contributed by atoms with van der Waals surface area (Å²) in [5, 5.41) is 15.6. The van der Waals surface area contributed by atoms with Gasteiger partial charge in [-0.1, -0.05) is 25.7 Å². The van der Waals surface area contributed by atoms with Crippen molar-refractivity contribution in [2.24, 2.45) is 11.1 Å². The van der Waals surface area contributed by atoms with Crippen molar-refractivity contribution in [1.82, 2.24) is 0 Å². The highest BCUT2D eigenvalue weighted by atomic mass is 16.4. The van der Waals surface area contributed by atoms with Crippen LogP contribution in [-0.2, 0) is 9.59 Å². The van der Waals surface area contributed by atoms with Crippen molar-refractivity contribution >= 4 is 11.9 Å². The van der Waals surface area contributed by atoms with Crippen LogP contribution in [0.2, 0.25) is 0 Å². The van der Waals surface area contributed by atoms with Crippen molar-refractivity contribution in [1.29, 1.82) is 0 Å². The molecule has 2 rings (SSSR count). The smallest absolute Gasteiger partial charge is 0.328 e. The highest BCUT2D eigenvalue weighted by molar-refractivity contribution is 5.89. The summed E-state index contributed by atoms with van der Waals surface area (Å²) in [5.41, 5.74) is 6.78. The molecular formula is C14H23NO4. The third-order valence-electron chi connectivity index (χ3n) is 3.99. The van der Waals surface area contributed by atoms with Crippen molar-refractivity contribution in [3.05, 3.63) is 12.2 Å². The average Bonchev–Trinajstić information content (AvgIpc) is 3.11. The van der Waals surface area contributed by atoms with E-state index in [1.807, 2.05) is 0 Å². The van der Waals surface area contributed by atoms with Gasteiger partial charge in [-0.2, -0.15) is 0 Å². The number of carboxylic acids is 2. The third-order valence-corrected chi connectivity index (χ3v) is 3.99. The Morgan fingerprint density at radius 2 is 1.47 bits per heavy atom. The van der Waals surface area contributed by atoms with E-state index >= 15 is 0 Å². The molecule has 2 fully saturated rings. The van der Waals surface area contributed by atoms with Crippen molar-refractivity contribution in [2.75, 3.05) is 0 Å². The molecule has 1 atom stereocenters. The van der Waals surface area contributed by atoms with Gasteiger partial charge in [0.15, 0.2) is 0 Å². The number of carbonyl (C=O) groups is 2. The van der Waals surface area contributed by atoms with Gasteiger partial charge in [-0.3, -0.25) is 0 Å². The van der Waals surface area contributed by atoms with Gasteiger partial charge in [-0.15, -0.1) is 0 Å². The van der Waals surface area contributed by atoms with E-state index in [-0.39, 0.29) is 0 Å². The zero-order chi connectivity index (χ0) is 14.3. The molecule has 0 heterocycles. The number of hydrogen-bond acceptors (Lipinski definition) is 3. The van der Waals surface area contributed by atoms with E-state index in [9.17, 15) is 9.59 Å².